The fourth-order valence-electron chi connectivity index (χ4n) is 2.94. The zero-order chi connectivity index (χ0) is 15.9. The van der Waals surface area contributed by atoms with E-state index in [1.165, 1.54) is 4.90 Å². The zero-order valence-electron chi connectivity index (χ0n) is 11.8. The Morgan fingerprint density at radius 3 is 2.77 bits per heavy atom. The van der Waals surface area contributed by atoms with E-state index in [1.807, 2.05) is 0 Å². The van der Waals surface area contributed by atoms with Crippen molar-refractivity contribution < 1.29 is 19.5 Å². The highest BCUT2D eigenvalue weighted by Gasteiger charge is 2.39. The number of amides is 3. The van der Waals surface area contributed by atoms with Gasteiger partial charge in [-0.15, -0.1) is 6.42 Å². The molecule has 6 heteroatoms. The lowest BCUT2D eigenvalue weighted by atomic mass is 10.00. The number of terminal acetylenes is 1. The summed E-state index contributed by atoms with van der Waals surface area (Å²) >= 11 is 0. The van der Waals surface area contributed by atoms with Crippen LogP contribution in [-0.4, -0.2) is 33.8 Å². The number of carbonyl (C=O) groups is 3. The normalized spacial score (nSPS) is 20.6. The number of rotatable bonds is 2. The summed E-state index contributed by atoms with van der Waals surface area (Å²) in [5.74, 6) is 1.45. The monoisotopic (exact) mass is 298 g/mol. The Hall–Kier alpha value is -2.65. The minimum absolute atomic E-state index is 0.209. The highest BCUT2D eigenvalue weighted by atomic mass is 16.3. The molecule has 0 bridgehead atoms. The summed E-state index contributed by atoms with van der Waals surface area (Å²) in [5.41, 5.74) is 2.22. The van der Waals surface area contributed by atoms with Gasteiger partial charge in [-0.25, -0.2) is 0 Å². The molecule has 3 rings (SSSR count). The Kier molecular flexibility index (Phi) is 3.43. The van der Waals surface area contributed by atoms with E-state index in [2.05, 4.69) is 11.2 Å². The molecule has 2 N–H and O–H groups in total. The van der Waals surface area contributed by atoms with Crippen LogP contribution in [0.3, 0.4) is 0 Å². The van der Waals surface area contributed by atoms with E-state index in [1.54, 1.807) is 12.1 Å². The van der Waals surface area contributed by atoms with Crippen LogP contribution in [0.5, 0.6) is 0 Å². The van der Waals surface area contributed by atoms with E-state index in [0.29, 0.717) is 28.7 Å². The molecule has 1 saturated heterocycles. The summed E-state index contributed by atoms with van der Waals surface area (Å²) in [7, 11) is 0. The number of aliphatic hydroxyl groups is 1. The average Bonchev–Trinajstić information content (AvgIpc) is 2.83. The van der Waals surface area contributed by atoms with Crippen LogP contribution in [0.25, 0.3) is 0 Å². The standard InChI is InChI=1S/C16H14N2O4/c1-2-10-5-9(8-19)6-11-12(10)7-18(16(11)22)13-3-4-14(20)17-15(13)21/h1,5-6,13,19H,3-4,7-8H2,(H,17,20,21). The fraction of sp³-hybridized carbons (Fsp3) is 0.312. The topological polar surface area (TPSA) is 86.7 Å². The number of carbonyl (C=O) groups excluding carboxylic acids is 3. The lowest BCUT2D eigenvalue weighted by Crippen LogP contribution is -2.52. The second-order valence-corrected chi connectivity index (χ2v) is 5.37. The molecule has 1 atom stereocenters. The van der Waals surface area contributed by atoms with Crippen LogP contribution < -0.4 is 5.32 Å². The highest BCUT2D eigenvalue weighted by Crippen LogP contribution is 2.30. The first-order valence-corrected chi connectivity index (χ1v) is 6.93. The summed E-state index contributed by atoms with van der Waals surface area (Å²) in [5, 5.41) is 11.5. The molecule has 6 nitrogen and oxygen atoms in total. The van der Waals surface area contributed by atoms with Crippen molar-refractivity contribution in [3.8, 4) is 12.3 Å². The third kappa shape index (κ3) is 2.16. The van der Waals surface area contributed by atoms with E-state index in [0.717, 1.165) is 0 Å². The first kappa shape index (κ1) is 14.3. The van der Waals surface area contributed by atoms with Crippen LogP contribution in [0.1, 0.15) is 39.9 Å². The smallest absolute Gasteiger partial charge is 0.255 e. The SMILES string of the molecule is C#Cc1cc(CO)cc2c1CN(C1CCC(=O)NC1=O)C2=O. The largest absolute Gasteiger partial charge is 0.392 e. The van der Waals surface area contributed by atoms with Gasteiger partial charge in [-0.3, -0.25) is 19.7 Å². The van der Waals surface area contributed by atoms with E-state index in [-0.39, 0.29) is 31.4 Å². The van der Waals surface area contributed by atoms with Crippen LogP contribution in [0.2, 0.25) is 0 Å². The van der Waals surface area contributed by atoms with Crippen molar-refractivity contribution in [3.63, 3.8) is 0 Å². The zero-order valence-corrected chi connectivity index (χ0v) is 11.8. The molecule has 0 radical (unpaired) electrons. The van der Waals surface area contributed by atoms with Gasteiger partial charge in [0.25, 0.3) is 5.91 Å². The van der Waals surface area contributed by atoms with Crippen molar-refractivity contribution in [3.05, 3.63) is 34.4 Å². The quantitative estimate of drug-likeness (QED) is 0.591. The molecule has 0 aliphatic carbocycles. The number of hydrogen-bond acceptors (Lipinski definition) is 4. The van der Waals surface area contributed by atoms with Crippen molar-refractivity contribution in [1.82, 2.24) is 10.2 Å². The molecule has 1 aromatic carbocycles. The molecular formula is C16H14N2O4. The summed E-state index contributed by atoms with van der Waals surface area (Å²) in [6.45, 7) is 0.0271. The predicted molar refractivity (Wildman–Crippen MR) is 76.3 cm³/mol. The van der Waals surface area contributed by atoms with Gasteiger partial charge in [0, 0.05) is 24.1 Å². The summed E-state index contributed by atoms with van der Waals surface area (Å²) < 4.78 is 0. The van der Waals surface area contributed by atoms with Gasteiger partial charge in [0.15, 0.2) is 0 Å². The molecule has 0 aromatic heterocycles. The lowest BCUT2D eigenvalue weighted by molar-refractivity contribution is -0.136. The molecule has 0 spiro atoms. The Labute approximate surface area is 127 Å². The van der Waals surface area contributed by atoms with Gasteiger partial charge < -0.3 is 10.0 Å². The molecule has 2 aliphatic rings. The van der Waals surface area contributed by atoms with Crippen molar-refractivity contribution in [2.45, 2.75) is 32.0 Å². The maximum Gasteiger partial charge on any atom is 0.255 e. The minimum atomic E-state index is -0.666. The number of nitrogens with zero attached hydrogens (tertiary/aromatic N) is 1. The maximum absolute atomic E-state index is 12.6. The molecule has 22 heavy (non-hydrogen) atoms. The summed E-state index contributed by atoms with van der Waals surface area (Å²) in [6.07, 6.45) is 5.99. The minimum Gasteiger partial charge on any atom is -0.392 e. The molecule has 2 aliphatic heterocycles. The highest BCUT2D eigenvalue weighted by molar-refractivity contribution is 6.05. The number of hydrogen-bond donors (Lipinski definition) is 2. The number of nitrogens with one attached hydrogen (secondary N) is 1. The molecule has 0 saturated carbocycles. The molecule has 1 aromatic rings. The van der Waals surface area contributed by atoms with E-state index >= 15 is 0 Å². The van der Waals surface area contributed by atoms with Crippen molar-refractivity contribution in [2.75, 3.05) is 0 Å². The van der Waals surface area contributed by atoms with E-state index in [9.17, 15) is 19.5 Å². The van der Waals surface area contributed by atoms with Crippen LogP contribution in [0.15, 0.2) is 12.1 Å². The van der Waals surface area contributed by atoms with E-state index < -0.39 is 11.9 Å². The van der Waals surface area contributed by atoms with Gasteiger partial charge in [0.05, 0.1) is 6.61 Å². The van der Waals surface area contributed by atoms with Gasteiger partial charge in [0.2, 0.25) is 11.8 Å². The fourth-order valence-corrected chi connectivity index (χ4v) is 2.94. The number of imide groups is 1. The average molecular weight is 298 g/mol. The molecule has 3 amide bonds. The summed E-state index contributed by atoms with van der Waals surface area (Å²) in [6, 6.07) is 2.60. The van der Waals surface area contributed by atoms with Crippen LogP contribution in [-0.2, 0) is 22.7 Å². The maximum atomic E-state index is 12.6. The third-order valence-corrected chi connectivity index (χ3v) is 4.05. The van der Waals surface area contributed by atoms with Gasteiger partial charge in [-0.1, -0.05) is 5.92 Å². The molecule has 1 fully saturated rings. The van der Waals surface area contributed by atoms with Crippen LogP contribution in [0, 0.1) is 12.3 Å². The van der Waals surface area contributed by atoms with Gasteiger partial charge >= 0.3 is 0 Å². The van der Waals surface area contributed by atoms with Gasteiger partial charge in [-0.05, 0) is 29.7 Å². The number of benzene rings is 1. The first-order valence-electron chi connectivity index (χ1n) is 6.93. The number of piperidine rings is 1. The lowest BCUT2D eigenvalue weighted by Gasteiger charge is -2.29. The Bertz CT molecular complexity index is 732. The number of fused-ring (bicyclic) bond motifs is 1. The molecule has 112 valence electrons. The molecular weight excluding hydrogens is 284 g/mol. The second-order valence-electron chi connectivity index (χ2n) is 5.37. The molecule has 1 unspecified atom stereocenters. The van der Waals surface area contributed by atoms with Crippen LogP contribution >= 0.6 is 0 Å². The van der Waals surface area contributed by atoms with Crippen molar-refractivity contribution in [1.29, 1.82) is 0 Å². The third-order valence-electron chi connectivity index (χ3n) is 4.05. The van der Waals surface area contributed by atoms with Crippen molar-refractivity contribution in [2.24, 2.45) is 0 Å². The van der Waals surface area contributed by atoms with Gasteiger partial charge in [-0.2, -0.15) is 0 Å². The molecule has 2 heterocycles. The van der Waals surface area contributed by atoms with Crippen LogP contribution in [0.4, 0.5) is 0 Å². The Morgan fingerprint density at radius 2 is 2.14 bits per heavy atom. The van der Waals surface area contributed by atoms with E-state index in [4.69, 9.17) is 6.42 Å². The first-order chi connectivity index (χ1) is 10.5. The second kappa shape index (κ2) is 5.28. The Morgan fingerprint density at radius 1 is 1.36 bits per heavy atom. The Balaban J connectivity index is 1.96. The summed E-state index contributed by atoms with van der Waals surface area (Å²) in [4.78, 5) is 37.2. The predicted octanol–water partition coefficient (Wildman–Crippen LogP) is -0.0788. The van der Waals surface area contributed by atoms with Gasteiger partial charge in [0.1, 0.15) is 6.04 Å². The number of aliphatic hydroxyl groups excluding tert-OH is 1. The van der Waals surface area contributed by atoms with Crippen molar-refractivity contribution >= 4 is 17.7 Å².